The van der Waals surface area contributed by atoms with E-state index in [2.05, 4.69) is 5.32 Å². The van der Waals surface area contributed by atoms with Crippen LogP contribution in [0.25, 0.3) is 0 Å². The molecule has 0 unspecified atom stereocenters. The van der Waals surface area contributed by atoms with Crippen LogP contribution in [0.4, 0.5) is 5.69 Å². The van der Waals surface area contributed by atoms with Crippen molar-refractivity contribution in [3.05, 3.63) is 60.2 Å². The minimum absolute atomic E-state index is 0.0983. The van der Waals surface area contributed by atoms with Gasteiger partial charge in [0.15, 0.2) is 0 Å². The number of nitrogens with two attached hydrogens (primary N) is 1. The first-order valence-electron chi connectivity index (χ1n) is 7.10. The molecule has 3 N–H and O–H groups in total. The molecule has 0 saturated heterocycles. The lowest BCUT2D eigenvalue weighted by atomic mass is 10.2. The summed E-state index contributed by atoms with van der Waals surface area (Å²) in [6.07, 6.45) is 0. The topological polar surface area (TPSA) is 90.7 Å². The van der Waals surface area contributed by atoms with E-state index >= 15 is 0 Å². The van der Waals surface area contributed by atoms with Crippen molar-refractivity contribution in [2.45, 2.75) is 0 Å². The summed E-state index contributed by atoms with van der Waals surface area (Å²) in [4.78, 5) is 22.8. The number of nitrogens with one attached hydrogen (secondary N) is 1. The maximum atomic E-state index is 11.7. The monoisotopic (exact) mass is 314 g/mol. The van der Waals surface area contributed by atoms with E-state index in [-0.39, 0.29) is 12.5 Å². The summed E-state index contributed by atoms with van der Waals surface area (Å²) < 4.78 is 10.7. The second-order valence-corrected chi connectivity index (χ2v) is 4.71. The van der Waals surface area contributed by atoms with Crippen LogP contribution in [-0.4, -0.2) is 31.6 Å². The van der Waals surface area contributed by atoms with Gasteiger partial charge >= 0.3 is 0 Å². The van der Waals surface area contributed by atoms with E-state index in [1.165, 1.54) is 6.07 Å². The van der Waals surface area contributed by atoms with E-state index in [9.17, 15) is 9.59 Å². The predicted octanol–water partition coefficient (Wildman–Crippen LogP) is 1.82. The van der Waals surface area contributed by atoms with Gasteiger partial charge in [-0.1, -0.05) is 24.3 Å². The zero-order chi connectivity index (χ0) is 16.5. The highest BCUT2D eigenvalue weighted by Gasteiger charge is 2.05. The Morgan fingerprint density at radius 2 is 1.78 bits per heavy atom. The lowest BCUT2D eigenvalue weighted by molar-refractivity contribution is -0.120. The number of anilines is 1. The summed E-state index contributed by atoms with van der Waals surface area (Å²) in [6.45, 7) is 0.553. The fraction of sp³-hybridized carbons (Fsp3) is 0.176. The van der Waals surface area contributed by atoms with Gasteiger partial charge in [-0.25, -0.2) is 0 Å². The number of hydrogen-bond donors (Lipinski definition) is 2. The SMILES string of the molecule is NC(=O)c1cccc(NC(=O)COCCOc2ccccc2)c1. The minimum Gasteiger partial charge on any atom is -0.491 e. The second-order valence-electron chi connectivity index (χ2n) is 4.71. The molecule has 0 aliphatic carbocycles. The van der Waals surface area contributed by atoms with Gasteiger partial charge in [0.2, 0.25) is 11.8 Å². The van der Waals surface area contributed by atoms with E-state index in [1.54, 1.807) is 18.2 Å². The average molecular weight is 314 g/mol. The molecule has 2 rings (SSSR count). The van der Waals surface area contributed by atoms with Crippen LogP contribution < -0.4 is 15.8 Å². The number of carbonyl (C=O) groups is 2. The van der Waals surface area contributed by atoms with Gasteiger partial charge in [0.1, 0.15) is 19.0 Å². The average Bonchev–Trinajstić information content (AvgIpc) is 2.55. The first kappa shape index (κ1) is 16.5. The zero-order valence-corrected chi connectivity index (χ0v) is 12.5. The van der Waals surface area contributed by atoms with Crippen LogP contribution in [-0.2, 0) is 9.53 Å². The van der Waals surface area contributed by atoms with Crippen LogP contribution in [0.2, 0.25) is 0 Å². The molecular formula is C17H18N2O4. The van der Waals surface area contributed by atoms with Crippen molar-refractivity contribution in [2.75, 3.05) is 25.1 Å². The fourth-order valence-electron chi connectivity index (χ4n) is 1.85. The molecule has 0 fully saturated rings. The Bertz CT molecular complexity index is 659. The second kappa shape index (κ2) is 8.55. The summed E-state index contributed by atoms with van der Waals surface area (Å²) in [5.74, 6) is -0.106. The van der Waals surface area contributed by atoms with Crippen molar-refractivity contribution >= 4 is 17.5 Å². The minimum atomic E-state index is -0.546. The first-order valence-corrected chi connectivity index (χ1v) is 7.10. The highest BCUT2D eigenvalue weighted by atomic mass is 16.5. The normalized spacial score (nSPS) is 10.1. The largest absolute Gasteiger partial charge is 0.491 e. The number of amides is 2. The molecule has 2 aromatic carbocycles. The molecule has 23 heavy (non-hydrogen) atoms. The Hall–Kier alpha value is -2.86. The third kappa shape index (κ3) is 5.80. The van der Waals surface area contributed by atoms with Crippen LogP contribution in [0.3, 0.4) is 0 Å². The van der Waals surface area contributed by atoms with E-state index in [0.717, 1.165) is 5.75 Å². The summed E-state index contributed by atoms with van der Waals surface area (Å²) in [5.41, 5.74) is 6.01. The summed E-state index contributed by atoms with van der Waals surface area (Å²) in [6, 6.07) is 15.8. The van der Waals surface area contributed by atoms with Gasteiger partial charge in [-0.05, 0) is 30.3 Å². The van der Waals surface area contributed by atoms with Crippen LogP contribution in [0.5, 0.6) is 5.75 Å². The number of hydrogen-bond acceptors (Lipinski definition) is 4. The van der Waals surface area contributed by atoms with E-state index in [0.29, 0.717) is 24.5 Å². The Morgan fingerprint density at radius 3 is 2.52 bits per heavy atom. The van der Waals surface area contributed by atoms with Crippen molar-refractivity contribution in [3.63, 3.8) is 0 Å². The number of para-hydroxylation sites is 1. The molecule has 0 saturated carbocycles. The third-order valence-corrected chi connectivity index (χ3v) is 2.90. The number of ether oxygens (including phenoxy) is 2. The van der Waals surface area contributed by atoms with Crippen molar-refractivity contribution in [2.24, 2.45) is 5.73 Å². The predicted molar refractivity (Wildman–Crippen MR) is 86.3 cm³/mol. The molecule has 6 nitrogen and oxygen atoms in total. The third-order valence-electron chi connectivity index (χ3n) is 2.90. The van der Waals surface area contributed by atoms with Gasteiger partial charge in [0.25, 0.3) is 0 Å². The molecule has 0 spiro atoms. The zero-order valence-electron chi connectivity index (χ0n) is 12.5. The van der Waals surface area contributed by atoms with Crippen LogP contribution in [0.1, 0.15) is 10.4 Å². The maximum absolute atomic E-state index is 11.7. The molecule has 120 valence electrons. The fourth-order valence-corrected chi connectivity index (χ4v) is 1.85. The van der Waals surface area contributed by atoms with Gasteiger partial charge in [-0.2, -0.15) is 0 Å². The standard InChI is InChI=1S/C17H18N2O4/c18-17(21)13-5-4-6-14(11-13)19-16(20)12-22-9-10-23-15-7-2-1-3-8-15/h1-8,11H,9-10,12H2,(H2,18,21)(H,19,20). The molecule has 2 aromatic rings. The molecule has 0 atom stereocenters. The van der Waals surface area contributed by atoms with Crippen molar-refractivity contribution in [3.8, 4) is 5.75 Å². The van der Waals surface area contributed by atoms with Crippen molar-refractivity contribution < 1.29 is 19.1 Å². The number of carbonyl (C=O) groups excluding carboxylic acids is 2. The summed E-state index contributed by atoms with van der Waals surface area (Å²) in [5, 5.41) is 2.63. The highest BCUT2D eigenvalue weighted by Crippen LogP contribution is 2.10. The van der Waals surface area contributed by atoms with Gasteiger partial charge in [-0.15, -0.1) is 0 Å². The first-order chi connectivity index (χ1) is 11.1. The Labute approximate surface area is 134 Å². The lowest BCUT2D eigenvalue weighted by Gasteiger charge is -2.08. The van der Waals surface area contributed by atoms with Gasteiger partial charge in [-0.3, -0.25) is 9.59 Å². The molecule has 0 aromatic heterocycles. The van der Waals surface area contributed by atoms with E-state index in [1.807, 2.05) is 30.3 Å². The lowest BCUT2D eigenvalue weighted by Crippen LogP contribution is -2.20. The molecule has 0 heterocycles. The quantitative estimate of drug-likeness (QED) is 0.727. The van der Waals surface area contributed by atoms with Crippen LogP contribution in [0, 0.1) is 0 Å². The smallest absolute Gasteiger partial charge is 0.250 e. The number of rotatable bonds is 8. The molecule has 0 bridgehead atoms. The Kier molecular flexibility index (Phi) is 6.14. The molecular weight excluding hydrogens is 296 g/mol. The molecule has 0 aliphatic rings. The van der Waals surface area contributed by atoms with E-state index in [4.69, 9.17) is 15.2 Å². The molecule has 0 radical (unpaired) electrons. The van der Waals surface area contributed by atoms with Crippen LogP contribution >= 0.6 is 0 Å². The summed E-state index contributed by atoms with van der Waals surface area (Å²) in [7, 11) is 0. The Balaban J connectivity index is 1.67. The highest BCUT2D eigenvalue weighted by molar-refractivity contribution is 5.96. The molecule has 2 amide bonds. The van der Waals surface area contributed by atoms with Gasteiger partial charge < -0.3 is 20.5 Å². The van der Waals surface area contributed by atoms with E-state index < -0.39 is 5.91 Å². The number of primary amides is 1. The van der Waals surface area contributed by atoms with Gasteiger partial charge in [0, 0.05) is 11.3 Å². The molecule has 6 heteroatoms. The van der Waals surface area contributed by atoms with Crippen molar-refractivity contribution in [1.82, 2.24) is 0 Å². The van der Waals surface area contributed by atoms with Crippen molar-refractivity contribution in [1.29, 1.82) is 0 Å². The summed E-state index contributed by atoms with van der Waals surface area (Å²) >= 11 is 0. The van der Waals surface area contributed by atoms with Crippen LogP contribution in [0.15, 0.2) is 54.6 Å². The maximum Gasteiger partial charge on any atom is 0.250 e. The van der Waals surface area contributed by atoms with Gasteiger partial charge in [0.05, 0.1) is 6.61 Å². The molecule has 0 aliphatic heterocycles. The number of benzene rings is 2. The Morgan fingerprint density at radius 1 is 1.00 bits per heavy atom.